The summed E-state index contributed by atoms with van der Waals surface area (Å²) in [4.78, 5) is 27.0. The molecular formula is C26H27N3O2. The standard InChI is InChI=1S/C26H27N3O2/c1-19-12-14-23(15-13-19)29-18-20(16-24(29)30)17-27-26(31)28-25(21-8-4-2-5-9-21)22-10-6-3-7-11-22/h2-15,20,25H,16-18H2,1H3,(H2,27,28,31)/t20-/m1/s1. The number of rotatable bonds is 6. The number of aryl methyl sites for hydroxylation is 1. The molecule has 3 aromatic carbocycles. The van der Waals surface area contributed by atoms with Crippen molar-refractivity contribution >= 4 is 17.6 Å². The third kappa shape index (κ3) is 5.12. The van der Waals surface area contributed by atoms with Crippen LogP contribution in [0.2, 0.25) is 0 Å². The number of carbonyl (C=O) groups excluding carboxylic acids is 2. The molecule has 0 aliphatic carbocycles. The zero-order chi connectivity index (χ0) is 21.6. The van der Waals surface area contributed by atoms with Crippen LogP contribution in [0.15, 0.2) is 84.9 Å². The Morgan fingerprint density at radius 3 is 2.10 bits per heavy atom. The zero-order valence-corrected chi connectivity index (χ0v) is 17.6. The molecule has 1 atom stereocenters. The molecule has 2 N–H and O–H groups in total. The number of nitrogens with one attached hydrogen (secondary N) is 2. The van der Waals surface area contributed by atoms with Crippen LogP contribution in [0.4, 0.5) is 10.5 Å². The maximum absolute atomic E-state index is 12.7. The lowest BCUT2D eigenvalue weighted by Crippen LogP contribution is -2.41. The molecule has 158 valence electrons. The summed E-state index contributed by atoms with van der Waals surface area (Å²) in [7, 11) is 0. The summed E-state index contributed by atoms with van der Waals surface area (Å²) in [5, 5.41) is 6.05. The predicted octanol–water partition coefficient (Wildman–Crippen LogP) is 4.44. The van der Waals surface area contributed by atoms with Gasteiger partial charge in [0.2, 0.25) is 5.91 Å². The van der Waals surface area contributed by atoms with E-state index in [1.54, 1.807) is 4.90 Å². The van der Waals surface area contributed by atoms with Crippen LogP contribution in [0.25, 0.3) is 0 Å². The van der Waals surface area contributed by atoms with Gasteiger partial charge in [0, 0.05) is 31.1 Å². The number of anilines is 1. The van der Waals surface area contributed by atoms with Crippen molar-refractivity contribution in [3.8, 4) is 0 Å². The van der Waals surface area contributed by atoms with Gasteiger partial charge in [0.1, 0.15) is 0 Å². The minimum atomic E-state index is -0.239. The van der Waals surface area contributed by atoms with E-state index < -0.39 is 0 Å². The highest BCUT2D eigenvalue weighted by Gasteiger charge is 2.30. The molecule has 0 bridgehead atoms. The van der Waals surface area contributed by atoms with E-state index in [2.05, 4.69) is 10.6 Å². The van der Waals surface area contributed by atoms with Gasteiger partial charge in [-0.3, -0.25) is 4.79 Å². The van der Waals surface area contributed by atoms with E-state index in [9.17, 15) is 9.59 Å². The highest BCUT2D eigenvalue weighted by Crippen LogP contribution is 2.25. The Hall–Kier alpha value is -3.60. The molecule has 1 heterocycles. The molecule has 5 nitrogen and oxygen atoms in total. The van der Waals surface area contributed by atoms with E-state index >= 15 is 0 Å². The lowest BCUT2D eigenvalue weighted by molar-refractivity contribution is -0.117. The molecule has 0 spiro atoms. The van der Waals surface area contributed by atoms with Crippen LogP contribution < -0.4 is 15.5 Å². The smallest absolute Gasteiger partial charge is 0.315 e. The molecule has 0 radical (unpaired) electrons. The molecule has 31 heavy (non-hydrogen) atoms. The second-order valence-corrected chi connectivity index (χ2v) is 8.02. The first kappa shape index (κ1) is 20.7. The Kier molecular flexibility index (Phi) is 6.32. The van der Waals surface area contributed by atoms with Gasteiger partial charge in [-0.2, -0.15) is 0 Å². The molecule has 3 aromatic rings. The molecule has 5 heteroatoms. The van der Waals surface area contributed by atoms with Crippen molar-refractivity contribution in [1.29, 1.82) is 0 Å². The Balaban J connectivity index is 1.37. The topological polar surface area (TPSA) is 61.4 Å². The van der Waals surface area contributed by atoms with Crippen molar-refractivity contribution < 1.29 is 9.59 Å². The average molecular weight is 414 g/mol. The van der Waals surface area contributed by atoms with Crippen molar-refractivity contribution in [3.63, 3.8) is 0 Å². The molecule has 1 fully saturated rings. The summed E-state index contributed by atoms with van der Waals surface area (Å²) >= 11 is 0. The number of hydrogen-bond donors (Lipinski definition) is 2. The normalized spacial score (nSPS) is 15.9. The monoisotopic (exact) mass is 413 g/mol. The number of carbonyl (C=O) groups is 2. The fraction of sp³-hybridized carbons (Fsp3) is 0.231. The van der Waals surface area contributed by atoms with E-state index in [1.165, 1.54) is 0 Å². The second kappa shape index (κ2) is 9.47. The van der Waals surface area contributed by atoms with Crippen molar-refractivity contribution in [3.05, 3.63) is 102 Å². The molecule has 0 unspecified atom stereocenters. The molecule has 3 amide bonds. The van der Waals surface area contributed by atoms with Gasteiger partial charge in [-0.15, -0.1) is 0 Å². The minimum Gasteiger partial charge on any atom is -0.338 e. The van der Waals surface area contributed by atoms with Crippen LogP contribution in [0.3, 0.4) is 0 Å². The van der Waals surface area contributed by atoms with Crippen molar-refractivity contribution in [2.75, 3.05) is 18.0 Å². The van der Waals surface area contributed by atoms with E-state index in [4.69, 9.17) is 0 Å². The third-order valence-electron chi connectivity index (χ3n) is 5.64. The highest BCUT2D eigenvalue weighted by atomic mass is 16.2. The highest BCUT2D eigenvalue weighted by molar-refractivity contribution is 5.95. The maximum Gasteiger partial charge on any atom is 0.315 e. The van der Waals surface area contributed by atoms with Crippen LogP contribution in [0.1, 0.15) is 29.2 Å². The zero-order valence-electron chi connectivity index (χ0n) is 17.6. The average Bonchev–Trinajstić information content (AvgIpc) is 3.18. The second-order valence-electron chi connectivity index (χ2n) is 8.02. The quantitative estimate of drug-likeness (QED) is 0.628. The number of urea groups is 1. The van der Waals surface area contributed by atoms with E-state index in [-0.39, 0.29) is 23.9 Å². The van der Waals surface area contributed by atoms with Gasteiger partial charge in [-0.05, 0) is 30.2 Å². The molecule has 1 aliphatic heterocycles. The van der Waals surface area contributed by atoms with Crippen LogP contribution in [0, 0.1) is 12.8 Å². The number of nitrogens with zero attached hydrogens (tertiary/aromatic N) is 1. The largest absolute Gasteiger partial charge is 0.338 e. The van der Waals surface area contributed by atoms with Crippen molar-refractivity contribution in [2.45, 2.75) is 19.4 Å². The maximum atomic E-state index is 12.7. The summed E-state index contributed by atoms with van der Waals surface area (Å²) < 4.78 is 0. The lowest BCUT2D eigenvalue weighted by Gasteiger charge is -2.21. The van der Waals surface area contributed by atoms with Crippen LogP contribution in [-0.2, 0) is 4.79 Å². The summed E-state index contributed by atoms with van der Waals surface area (Å²) in [6, 6.07) is 27.3. The predicted molar refractivity (Wildman–Crippen MR) is 123 cm³/mol. The van der Waals surface area contributed by atoms with Gasteiger partial charge in [0.05, 0.1) is 6.04 Å². The summed E-state index contributed by atoms with van der Waals surface area (Å²) in [5.74, 6) is 0.189. The molecule has 1 aliphatic rings. The van der Waals surface area contributed by atoms with Crippen molar-refractivity contribution in [2.24, 2.45) is 5.92 Å². The molecule has 0 saturated carbocycles. The van der Waals surface area contributed by atoms with Crippen LogP contribution >= 0.6 is 0 Å². The van der Waals surface area contributed by atoms with E-state index in [0.717, 1.165) is 22.4 Å². The van der Waals surface area contributed by atoms with Crippen LogP contribution in [-0.4, -0.2) is 25.0 Å². The molecular weight excluding hydrogens is 386 g/mol. The van der Waals surface area contributed by atoms with Crippen LogP contribution in [0.5, 0.6) is 0 Å². The number of hydrogen-bond acceptors (Lipinski definition) is 2. The lowest BCUT2D eigenvalue weighted by atomic mass is 9.99. The molecule has 4 rings (SSSR count). The third-order valence-corrected chi connectivity index (χ3v) is 5.64. The first-order valence-corrected chi connectivity index (χ1v) is 10.6. The van der Waals surface area contributed by atoms with Gasteiger partial charge in [0.25, 0.3) is 0 Å². The summed E-state index contributed by atoms with van der Waals surface area (Å²) in [5.41, 5.74) is 4.11. The van der Waals surface area contributed by atoms with Gasteiger partial charge in [-0.25, -0.2) is 4.79 Å². The van der Waals surface area contributed by atoms with Gasteiger partial charge >= 0.3 is 6.03 Å². The Morgan fingerprint density at radius 2 is 1.52 bits per heavy atom. The van der Waals surface area contributed by atoms with Gasteiger partial charge < -0.3 is 15.5 Å². The van der Waals surface area contributed by atoms with Gasteiger partial charge in [0.15, 0.2) is 0 Å². The molecule has 0 aromatic heterocycles. The summed E-state index contributed by atoms with van der Waals surface area (Å²) in [6.07, 6.45) is 0.439. The Labute approximate surface area is 183 Å². The minimum absolute atomic E-state index is 0.0893. The number of benzene rings is 3. The SMILES string of the molecule is Cc1ccc(N2C[C@@H](CNC(=O)NC(c3ccccc3)c3ccccc3)CC2=O)cc1. The fourth-order valence-corrected chi connectivity index (χ4v) is 3.96. The van der Waals surface area contributed by atoms with Crippen molar-refractivity contribution in [1.82, 2.24) is 10.6 Å². The summed E-state index contributed by atoms with van der Waals surface area (Å²) in [6.45, 7) is 3.10. The first-order valence-electron chi connectivity index (χ1n) is 10.6. The van der Waals surface area contributed by atoms with Gasteiger partial charge in [-0.1, -0.05) is 78.4 Å². The number of amides is 3. The van der Waals surface area contributed by atoms with E-state index in [1.807, 2.05) is 91.9 Å². The Morgan fingerprint density at radius 1 is 0.935 bits per heavy atom. The first-order chi connectivity index (χ1) is 15.1. The van der Waals surface area contributed by atoms with E-state index in [0.29, 0.717) is 19.5 Å². The Bertz CT molecular complexity index is 980. The molecule has 1 saturated heterocycles. The fourth-order valence-electron chi connectivity index (χ4n) is 3.96.